The third-order valence-electron chi connectivity index (χ3n) is 4.46. The summed E-state index contributed by atoms with van der Waals surface area (Å²) < 4.78 is 8.76. The fourth-order valence-electron chi connectivity index (χ4n) is 2.86. The summed E-state index contributed by atoms with van der Waals surface area (Å²) in [5.74, 6) is 1.14. The summed E-state index contributed by atoms with van der Waals surface area (Å²) in [7, 11) is 1.60. The maximum absolute atomic E-state index is 12.3. The average molecular weight is 701 g/mol. The molecule has 1 amide bonds. The van der Waals surface area contributed by atoms with E-state index in [9.17, 15) is 9.90 Å². The fraction of sp³-hybridized carbons (Fsp3) is 0.0870. The van der Waals surface area contributed by atoms with E-state index >= 15 is 0 Å². The highest BCUT2D eigenvalue weighted by Gasteiger charge is 2.10. The molecule has 0 spiro atoms. The molecule has 6 nitrogen and oxygen atoms in total. The molecule has 0 unspecified atom stereocenters. The van der Waals surface area contributed by atoms with Crippen LogP contribution in [0.4, 0.5) is 11.4 Å². The second-order valence-electron chi connectivity index (χ2n) is 6.78. The molecule has 168 valence electrons. The van der Waals surface area contributed by atoms with Gasteiger partial charge in [0, 0.05) is 21.0 Å². The average Bonchev–Trinajstić information content (AvgIpc) is 3.22. The number of hydrogen-bond acceptors (Lipinski definition) is 7. The van der Waals surface area contributed by atoms with Gasteiger partial charge in [0.05, 0.1) is 32.3 Å². The van der Waals surface area contributed by atoms with Gasteiger partial charge in [-0.1, -0.05) is 11.8 Å². The number of phenolic OH excluding ortho intramolecular Hbond substituents is 1. The van der Waals surface area contributed by atoms with Crippen molar-refractivity contribution >= 4 is 102 Å². The highest BCUT2D eigenvalue weighted by atomic mass is 127. The molecule has 33 heavy (non-hydrogen) atoms. The summed E-state index contributed by atoms with van der Waals surface area (Å²) in [5, 5.41) is 13.1. The van der Waals surface area contributed by atoms with E-state index in [2.05, 4.69) is 60.5 Å². The van der Waals surface area contributed by atoms with Gasteiger partial charge in [-0.15, -0.1) is 11.3 Å². The minimum Gasteiger partial charge on any atom is -0.506 e. The van der Waals surface area contributed by atoms with Crippen LogP contribution in [0.15, 0.2) is 63.9 Å². The summed E-state index contributed by atoms with van der Waals surface area (Å²) in [6.07, 6.45) is 1.67. The van der Waals surface area contributed by atoms with Crippen LogP contribution in [-0.4, -0.2) is 35.1 Å². The van der Waals surface area contributed by atoms with Crippen LogP contribution in [-0.2, 0) is 4.79 Å². The van der Waals surface area contributed by atoms with E-state index < -0.39 is 0 Å². The first-order valence-electron chi connectivity index (χ1n) is 9.60. The normalized spacial score (nSPS) is 11.2. The first kappa shape index (κ1) is 24.2. The number of aromatic nitrogens is 1. The van der Waals surface area contributed by atoms with Crippen LogP contribution in [0.25, 0.3) is 10.2 Å². The van der Waals surface area contributed by atoms with Gasteiger partial charge < -0.3 is 15.2 Å². The monoisotopic (exact) mass is 701 g/mol. The molecule has 1 aromatic heterocycles. The van der Waals surface area contributed by atoms with E-state index in [0.717, 1.165) is 38.8 Å². The summed E-state index contributed by atoms with van der Waals surface area (Å²) in [6.45, 7) is 0. The Morgan fingerprint density at radius 1 is 1.21 bits per heavy atom. The number of amides is 1. The lowest BCUT2D eigenvalue weighted by atomic mass is 10.2. The Bertz CT molecular complexity index is 1340. The molecule has 3 aromatic carbocycles. The van der Waals surface area contributed by atoms with Crippen LogP contribution in [0.1, 0.15) is 5.56 Å². The van der Waals surface area contributed by atoms with Crippen LogP contribution < -0.4 is 10.1 Å². The van der Waals surface area contributed by atoms with Gasteiger partial charge in [-0.05, 0) is 99.8 Å². The van der Waals surface area contributed by atoms with Crippen LogP contribution in [0.3, 0.4) is 0 Å². The third-order valence-corrected chi connectivity index (χ3v) is 8.07. The third kappa shape index (κ3) is 6.37. The Labute approximate surface area is 226 Å². The van der Waals surface area contributed by atoms with Gasteiger partial charge in [-0.3, -0.25) is 9.79 Å². The number of ether oxygens (including phenoxy) is 1. The van der Waals surface area contributed by atoms with Crippen molar-refractivity contribution in [3.05, 3.63) is 67.3 Å². The molecule has 0 fully saturated rings. The molecule has 1 heterocycles. The summed E-state index contributed by atoms with van der Waals surface area (Å²) >= 11 is 7.25. The number of nitrogens with zero attached hydrogens (tertiary/aromatic N) is 2. The number of carbonyl (C=O) groups excluding carboxylic acids is 1. The van der Waals surface area contributed by atoms with Crippen molar-refractivity contribution in [1.82, 2.24) is 4.98 Å². The van der Waals surface area contributed by atoms with Crippen molar-refractivity contribution in [3.8, 4) is 11.5 Å². The van der Waals surface area contributed by atoms with Gasteiger partial charge in [0.2, 0.25) is 5.91 Å². The number of hydrogen-bond donors (Lipinski definition) is 2. The molecule has 4 rings (SSSR count). The number of methoxy groups -OCH3 is 1. The van der Waals surface area contributed by atoms with Gasteiger partial charge in [-0.2, -0.15) is 0 Å². The number of fused-ring (bicyclic) bond motifs is 1. The molecule has 0 aliphatic heterocycles. The van der Waals surface area contributed by atoms with Crippen LogP contribution in [0.2, 0.25) is 0 Å². The molecule has 2 N–H and O–H groups in total. The number of halogens is 2. The van der Waals surface area contributed by atoms with Crippen LogP contribution in [0.5, 0.6) is 11.5 Å². The molecule has 0 bridgehead atoms. The minimum atomic E-state index is -0.0957. The predicted molar refractivity (Wildman–Crippen MR) is 153 cm³/mol. The Balaban J connectivity index is 1.41. The summed E-state index contributed by atoms with van der Waals surface area (Å²) in [4.78, 5) is 21.4. The highest BCUT2D eigenvalue weighted by molar-refractivity contribution is 14.1. The molecular formula is C23H17I2N3O3S2. The zero-order chi connectivity index (χ0) is 23.4. The van der Waals surface area contributed by atoms with E-state index in [1.54, 1.807) is 37.6 Å². The maximum atomic E-state index is 12.3. The topological polar surface area (TPSA) is 83.8 Å². The van der Waals surface area contributed by atoms with Gasteiger partial charge in [-0.25, -0.2) is 4.98 Å². The van der Waals surface area contributed by atoms with E-state index in [1.165, 1.54) is 23.1 Å². The molecular weight excluding hydrogens is 684 g/mol. The number of thiazole rings is 1. The highest BCUT2D eigenvalue weighted by Crippen LogP contribution is 2.32. The molecule has 0 radical (unpaired) electrons. The minimum absolute atomic E-state index is 0.0957. The van der Waals surface area contributed by atoms with E-state index in [0.29, 0.717) is 5.56 Å². The number of phenols is 1. The summed E-state index contributed by atoms with van der Waals surface area (Å²) in [6, 6.07) is 16.8. The summed E-state index contributed by atoms with van der Waals surface area (Å²) in [5.41, 5.74) is 3.04. The van der Waals surface area contributed by atoms with Crippen molar-refractivity contribution in [2.75, 3.05) is 18.2 Å². The Kier molecular flexibility index (Phi) is 8.09. The Hall–Kier alpha value is -1.90. The van der Waals surface area contributed by atoms with Crippen molar-refractivity contribution in [2.45, 2.75) is 4.34 Å². The first-order valence-corrected chi connectivity index (χ1v) is 13.6. The van der Waals surface area contributed by atoms with Gasteiger partial charge in [0.25, 0.3) is 0 Å². The number of aromatic hydroxyl groups is 1. The number of nitrogens with one attached hydrogen (secondary N) is 1. The molecule has 0 aliphatic rings. The van der Waals surface area contributed by atoms with Crippen molar-refractivity contribution in [3.63, 3.8) is 0 Å². The number of carbonyl (C=O) groups is 1. The number of aliphatic imine (C=N–C) groups is 1. The van der Waals surface area contributed by atoms with Crippen molar-refractivity contribution in [2.24, 2.45) is 4.99 Å². The standard InChI is InChI=1S/C23H17I2N3O3S2/c1-31-17-5-2-15(3-6-17)27-21(29)12-32-23-28-19-7-4-16(10-20(19)33-23)26-11-13-8-14(24)9-18(25)22(13)30/h2-11,30H,12H2,1H3,(H,27,29). The van der Waals surface area contributed by atoms with Gasteiger partial charge >= 0.3 is 0 Å². The fourth-order valence-corrected chi connectivity index (χ4v) is 6.65. The zero-order valence-electron chi connectivity index (χ0n) is 17.2. The number of benzene rings is 3. The van der Waals surface area contributed by atoms with Crippen LogP contribution in [0, 0.1) is 7.14 Å². The predicted octanol–water partition coefficient (Wildman–Crippen LogP) is 6.70. The number of anilines is 1. The van der Waals surface area contributed by atoms with Crippen molar-refractivity contribution in [1.29, 1.82) is 0 Å². The van der Waals surface area contributed by atoms with Gasteiger partial charge in [0.1, 0.15) is 11.5 Å². The van der Waals surface area contributed by atoms with E-state index in [4.69, 9.17) is 4.74 Å². The lowest BCUT2D eigenvalue weighted by Crippen LogP contribution is -2.13. The molecule has 10 heteroatoms. The molecule has 0 saturated heterocycles. The lowest BCUT2D eigenvalue weighted by Gasteiger charge is -2.05. The van der Waals surface area contributed by atoms with Crippen molar-refractivity contribution < 1.29 is 14.6 Å². The second-order valence-corrected chi connectivity index (χ2v) is 11.4. The lowest BCUT2D eigenvalue weighted by molar-refractivity contribution is -0.113. The maximum Gasteiger partial charge on any atom is 0.234 e. The van der Waals surface area contributed by atoms with E-state index in [1.807, 2.05) is 30.3 Å². The van der Waals surface area contributed by atoms with Gasteiger partial charge in [0.15, 0.2) is 4.34 Å². The number of rotatable bonds is 7. The number of thioether (sulfide) groups is 1. The largest absolute Gasteiger partial charge is 0.506 e. The Morgan fingerprint density at radius 2 is 2.00 bits per heavy atom. The quantitative estimate of drug-likeness (QED) is 0.127. The first-order chi connectivity index (χ1) is 15.9. The SMILES string of the molecule is COc1ccc(NC(=O)CSc2nc3ccc(N=Cc4cc(I)cc(I)c4O)cc3s2)cc1. The zero-order valence-corrected chi connectivity index (χ0v) is 23.2. The van der Waals surface area contributed by atoms with Crippen LogP contribution >= 0.6 is 68.3 Å². The molecule has 0 atom stereocenters. The smallest absolute Gasteiger partial charge is 0.234 e. The molecule has 0 saturated carbocycles. The molecule has 4 aromatic rings. The second kappa shape index (κ2) is 11.0. The molecule has 0 aliphatic carbocycles. The Morgan fingerprint density at radius 3 is 2.76 bits per heavy atom. The van der Waals surface area contributed by atoms with E-state index in [-0.39, 0.29) is 17.4 Å².